The van der Waals surface area contributed by atoms with Gasteiger partial charge in [-0.3, -0.25) is 0 Å². The van der Waals surface area contributed by atoms with Crippen LogP contribution in [0.2, 0.25) is 0 Å². The molecule has 4 heteroatoms. The van der Waals surface area contributed by atoms with E-state index in [-0.39, 0.29) is 18.0 Å². The Kier molecular flexibility index (Phi) is 6.00. The van der Waals surface area contributed by atoms with E-state index in [9.17, 15) is 0 Å². The third-order valence-corrected chi connectivity index (χ3v) is 33.1. The summed E-state index contributed by atoms with van der Waals surface area (Å²) in [6.07, 6.45) is 3.78. The molecule has 0 atom stereocenters. The zero-order chi connectivity index (χ0) is 67.0. The van der Waals surface area contributed by atoms with Gasteiger partial charge in [-0.2, -0.15) is 0 Å². The minimum Gasteiger partial charge on any atom is -0.457 e. The number of ether oxygens (including phenoxy) is 1. The van der Waals surface area contributed by atoms with Crippen molar-refractivity contribution in [3.63, 3.8) is 0 Å². The van der Waals surface area contributed by atoms with Crippen molar-refractivity contribution in [1.82, 2.24) is 0 Å². The van der Waals surface area contributed by atoms with Crippen molar-refractivity contribution in [2.45, 2.75) is 56.2 Å². The second-order valence-electron chi connectivity index (χ2n) is 36.0. The number of fused-ring (bicyclic) bond motifs is 1. The molecule has 0 fully saturated rings. The summed E-state index contributed by atoms with van der Waals surface area (Å²) in [5, 5.41) is 90.3. The lowest BCUT2D eigenvalue weighted by atomic mass is 9.43. The maximum absolute atomic E-state index is 15.1. The monoisotopic (exact) mass is 1350 g/mol. The highest BCUT2D eigenvalue weighted by molar-refractivity contribution is 6.82. The summed E-state index contributed by atoms with van der Waals surface area (Å²) >= 11 is 0. The van der Waals surface area contributed by atoms with Crippen LogP contribution in [-0.2, 0) is 60.9 Å². The molecule has 0 saturated heterocycles. The van der Waals surface area contributed by atoms with Crippen LogP contribution in [0.3, 0.4) is 0 Å². The normalized spacial score (nSPS) is 18.4. The fourth-order valence-corrected chi connectivity index (χ4v) is 30.8. The molecule has 34 aromatic rings. The van der Waals surface area contributed by atoms with E-state index >= 15 is 4.79 Å². The number of benzene rings is 24. The Hall–Kier alpha value is -13.0. The number of para-hydroxylation sites is 2. The molecule has 5 aliphatic carbocycles. The third-order valence-electron chi connectivity index (χ3n) is 33.1. The van der Waals surface area contributed by atoms with Crippen molar-refractivity contribution in [3.8, 4) is 0 Å². The number of nitrogens with zero attached hydrogens (tertiary/aromatic N) is 1. The van der Waals surface area contributed by atoms with Gasteiger partial charge in [0, 0.05) is 39.0 Å². The van der Waals surface area contributed by atoms with Crippen LogP contribution >= 0.6 is 0 Å². The highest BCUT2D eigenvalue weighted by Crippen LogP contribution is 2.86. The number of quaternary nitrogens is 1. The first-order valence-corrected chi connectivity index (χ1v) is 39.6. The molecule has 0 aliphatic heterocycles. The van der Waals surface area contributed by atoms with E-state index in [4.69, 9.17) is 4.74 Å². The topological polar surface area (TPSA) is 46.1 Å². The first-order chi connectivity index (χ1) is 53.6. The smallest absolute Gasteiger partial charge is 0.338 e. The SMILES string of the molecule is O=C(OCc1ccc(C[NH2+]Cc2ccc(CCc3ccc(N(c4ccccc4)c4ccccc4)cc3)cc2)cc1)c1ccc2c(c1)CC13c4c5c6c7c8c9c(c%10c%11c1c1c4c4c%12c5c5c6c6c8c8c%13c9c9c%10c%10c%11c%11c1c1c4c4c%12c%12c5c5c6c8c6c8c%13c9c9c%10c%10c%11c1c1c4c4c%12c5c6c5c8c9c%10c1c45)C73C2. The molecular formula is C104H41N2O2+. The fraction of sp³-hybridized carbons (Fsp3) is 0.0865. The number of aryl methyl sites for hydroxylation is 2. The lowest BCUT2D eigenvalue weighted by Gasteiger charge is -2.57. The van der Waals surface area contributed by atoms with E-state index in [1.807, 2.05) is 0 Å². The molecule has 4 nitrogen and oxygen atoms in total. The highest BCUT2D eigenvalue weighted by Gasteiger charge is 2.71. The molecule has 0 aromatic heterocycles. The van der Waals surface area contributed by atoms with Gasteiger partial charge in [-0.15, -0.1) is 0 Å². The van der Waals surface area contributed by atoms with Gasteiger partial charge in [0.05, 0.1) is 5.56 Å². The van der Waals surface area contributed by atoms with E-state index in [1.54, 1.807) is 313 Å². The van der Waals surface area contributed by atoms with Crippen LogP contribution in [0.25, 0.3) is 291 Å². The Balaban J connectivity index is 0.487. The standard InChI is InChI=1S/C104H40N2O2/c107-102(108-32-37-19-17-36(18-20-37)31-105-30-35-15-13-33(14-16-35)11-12-34-21-25-43(26-22-34)106(41-7-3-1-4-8-41)42-9-5-2-6-10-42)38-23-24-39-28-103-98-90-82-72-62-54-46-44-45-48-52-50(46)58-66-60(52)70-64-56(48)57-49(45)53-51-47(44)55(54)63-69-59(51)67-61(53)71-65(57)75-74(64)84-78(70)88-80(66)86(76(82)68(58)62)94(98)96(88)100-92(84)93-85(75)79(71)89-81(67)87-77(69)83(73(63)72)91(90)99(103)95(87)97(89)101(93)104(100,103)29-40(39)27-38/h1-10,13-27,105H,11-12,28-32H2/p+1. The molecular weight excluding hydrogens is 1310 g/mol. The van der Waals surface area contributed by atoms with Gasteiger partial charge in [-0.1, -0.05) is 103 Å². The van der Waals surface area contributed by atoms with Gasteiger partial charge < -0.3 is 15.0 Å². The molecule has 0 radical (unpaired) electrons. The van der Waals surface area contributed by atoms with Crippen LogP contribution in [0.1, 0.15) is 71.6 Å². The van der Waals surface area contributed by atoms with Crippen LogP contribution in [0.15, 0.2) is 152 Å². The average Bonchev–Trinajstić information content (AvgIpc) is 1.38. The number of nitrogens with two attached hydrogens (primary N) is 1. The predicted octanol–water partition coefficient (Wildman–Crippen LogP) is 25.0. The number of carbonyl (C=O) groups excluding carboxylic acids is 1. The van der Waals surface area contributed by atoms with E-state index in [1.165, 1.54) is 33.4 Å². The van der Waals surface area contributed by atoms with Crippen LogP contribution in [0.4, 0.5) is 17.1 Å². The maximum atomic E-state index is 15.1. The summed E-state index contributed by atoms with van der Waals surface area (Å²) in [4.78, 5) is 17.4. The number of carbonyl (C=O) groups is 1. The van der Waals surface area contributed by atoms with Crippen molar-refractivity contribution in [1.29, 1.82) is 0 Å². The number of esters is 1. The van der Waals surface area contributed by atoms with E-state index in [0.717, 1.165) is 61.4 Å². The quantitative estimate of drug-likeness (QED) is 0.0924. The highest BCUT2D eigenvalue weighted by atomic mass is 16.5. The van der Waals surface area contributed by atoms with Crippen molar-refractivity contribution in [2.24, 2.45) is 0 Å². The van der Waals surface area contributed by atoms with Gasteiger partial charge in [0.25, 0.3) is 0 Å². The molecule has 34 aromatic carbocycles. The lowest BCUT2D eigenvalue weighted by molar-refractivity contribution is -0.686. The second kappa shape index (κ2) is 13.4. The Bertz CT molecular complexity index is 9500. The molecule has 478 valence electrons. The summed E-state index contributed by atoms with van der Waals surface area (Å²) in [5.74, 6) is -0.233. The van der Waals surface area contributed by atoms with Crippen molar-refractivity contribution in [3.05, 3.63) is 218 Å². The average molecular weight is 1350 g/mol. The Labute approximate surface area is 604 Å². The molecule has 0 saturated carbocycles. The number of rotatable bonds is 13. The van der Waals surface area contributed by atoms with Gasteiger partial charge in [0.2, 0.25) is 0 Å². The van der Waals surface area contributed by atoms with Crippen LogP contribution < -0.4 is 10.2 Å². The van der Waals surface area contributed by atoms with Crippen LogP contribution in [0, 0.1) is 0 Å². The van der Waals surface area contributed by atoms with Gasteiger partial charge >= 0.3 is 5.97 Å². The Morgan fingerprint density at radius 1 is 0.269 bits per heavy atom. The molecule has 0 amide bonds. The largest absolute Gasteiger partial charge is 0.457 e. The zero-order valence-electron chi connectivity index (χ0n) is 57.2. The van der Waals surface area contributed by atoms with Crippen LogP contribution in [-0.4, -0.2) is 5.97 Å². The minimum absolute atomic E-state index is 0.233. The van der Waals surface area contributed by atoms with Gasteiger partial charge in [0.15, 0.2) is 0 Å². The van der Waals surface area contributed by atoms with Crippen molar-refractivity contribution >= 4 is 314 Å². The second-order valence-corrected chi connectivity index (χ2v) is 36.0. The Morgan fingerprint density at radius 2 is 0.519 bits per heavy atom. The fourth-order valence-electron chi connectivity index (χ4n) is 30.8. The molecule has 0 bridgehead atoms. The lowest BCUT2D eigenvalue weighted by Crippen LogP contribution is -2.80. The molecule has 108 heavy (non-hydrogen) atoms. The molecule has 2 N–H and O–H groups in total. The minimum atomic E-state index is -0.413. The van der Waals surface area contributed by atoms with Gasteiger partial charge in [-0.25, -0.2) is 4.79 Å². The first kappa shape index (κ1) is 48.2. The van der Waals surface area contributed by atoms with Gasteiger partial charge in [0.1, 0.15) is 19.7 Å². The number of hydrogen-bond donors (Lipinski definition) is 1. The van der Waals surface area contributed by atoms with Crippen molar-refractivity contribution in [2.75, 3.05) is 4.90 Å². The van der Waals surface area contributed by atoms with E-state index < -0.39 is 5.41 Å². The molecule has 0 heterocycles. The summed E-state index contributed by atoms with van der Waals surface area (Å²) in [6.45, 7) is 2.02. The molecule has 2 spiro atoms. The zero-order valence-corrected chi connectivity index (χ0v) is 57.2. The Morgan fingerprint density at radius 3 is 0.824 bits per heavy atom. The maximum Gasteiger partial charge on any atom is 0.338 e. The van der Waals surface area contributed by atoms with E-state index in [0.29, 0.717) is 5.56 Å². The number of anilines is 3. The third kappa shape index (κ3) is 3.70. The molecule has 5 aliphatic rings. The summed E-state index contributed by atoms with van der Waals surface area (Å²) in [7, 11) is 0. The van der Waals surface area contributed by atoms with E-state index in [2.05, 4.69) is 162 Å². The first-order valence-electron chi connectivity index (χ1n) is 39.6. The summed E-state index contributed by atoms with van der Waals surface area (Å²) < 4.78 is 6.47. The van der Waals surface area contributed by atoms with Gasteiger partial charge in [-0.05, 0) is 415 Å². The number of hydrogen-bond acceptors (Lipinski definition) is 3. The molecule has 0 unspecified atom stereocenters. The van der Waals surface area contributed by atoms with Crippen molar-refractivity contribution < 1.29 is 14.8 Å². The molecule has 39 rings (SSSR count). The predicted molar refractivity (Wildman–Crippen MR) is 448 cm³/mol. The van der Waals surface area contributed by atoms with Crippen LogP contribution in [0.5, 0.6) is 0 Å². The summed E-state index contributed by atoms with van der Waals surface area (Å²) in [6, 6.07) is 55.2. The summed E-state index contributed by atoms with van der Waals surface area (Å²) in [5.41, 5.74) is 19.2.